The number of carbonyl (C=O) groups excluding carboxylic acids is 1. The van der Waals surface area contributed by atoms with E-state index in [1.165, 1.54) is 69.3 Å². The normalized spacial score (nSPS) is 11.9. The predicted octanol–water partition coefficient (Wildman–Crippen LogP) is 6.65. The average molecular weight is 464 g/mol. The quantitative estimate of drug-likeness (QED) is 0.0886. The summed E-state index contributed by atoms with van der Waals surface area (Å²) in [6.07, 6.45) is 15.5. The molecule has 3 N–H and O–H groups in total. The van der Waals surface area contributed by atoms with Crippen LogP contribution in [0.1, 0.15) is 107 Å². The van der Waals surface area contributed by atoms with E-state index in [0.717, 1.165) is 31.4 Å². The maximum atomic E-state index is 12.3. The van der Waals surface area contributed by atoms with Gasteiger partial charge in [0, 0.05) is 11.3 Å². The van der Waals surface area contributed by atoms with Crippen molar-refractivity contribution in [2.75, 3.05) is 12.4 Å². The van der Waals surface area contributed by atoms with E-state index in [1.54, 1.807) is 18.2 Å². The molecule has 0 spiro atoms. The Hall–Kier alpha value is -2.02. The summed E-state index contributed by atoms with van der Waals surface area (Å²) < 4.78 is 5.30. The molecule has 7 heteroatoms. The molecule has 0 aliphatic carbocycles. The standard InChI is InChI=1S/C25H41N3O3S/c1-3-5-7-9-11-13-18-31-24(30)22-17-15-16-21(23(22)29)20-27-28-25(26)32-19-14-12-10-8-6-4-2/h15-17,20,29H,3-14,18-19H2,1-2H3,(H2,26,28)/b27-20+. The fourth-order valence-corrected chi connectivity index (χ4v) is 3.85. The number of rotatable bonds is 17. The number of unbranched alkanes of at least 4 members (excludes halogenated alkanes) is 10. The number of ether oxygens (including phenoxy) is 1. The molecule has 0 atom stereocenters. The number of carbonyl (C=O) groups is 1. The van der Waals surface area contributed by atoms with Crippen LogP contribution in [0.25, 0.3) is 0 Å². The van der Waals surface area contributed by atoms with Crippen LogP contribution in [0.5, 0.6) is 5.75 Å². The Morgan fingerprint density at radius 1 is 1.00 bits per heavy atom. The molecular weight excluding hydrogens is 422 g/mol. The van der Waals surface area contributed by atoms with E-state index in [0.29, 0.717) is 17.3 Å². The van der Waals surface area contributed by atoms with Crippen molar-refractivity contribution >= 4 is 29.1 Å². The lowest BCUT2D eigenvalue weighted by Crippen LogP contribution is -2.08. The van der Waals surface area contributed by atoms with Crippen LogP contribution in [0.3, 0.4) is 0 Å². The van der Waals surface area contributed by atoms with Crippen LogP contribution in [0.2, 0.25) is 0 Å². The van der Waals surface area contributed by atoms with Crippen molar-refractivity contribution in [3.05, 3.63) is 29.3 Å². The molecule has 0 radical (unpaired) electrons. The van der Waals surface area contributed by atoms with Gasteiger partial charge in [0.1, 0.15) is 11.3 Å². The van der Waals surface area contributed by atoms with Crippen LogP contribution in [-0.4, -0.2) is 34.8 Å². The van der Waals surface area contributed by atoms with Gasteiger partial charge >= 0.3 is 5.97 Å². The minimum absolute atomic E-state index is 0.134. The fourth-order valence-electron chi connectivity index (χ4n) is 3.19. The Morgan fingerprint density at radius 3 is 2.31 bits per heavy atom. The van der Waals surface area contributed by atoms with Crippen molar-refractivity contribution in [1.82, 2.24) is 0 Å². The zero-order chi connectivity index (χ0) is 23.4. The number of amidine groups is 1. The Bertz CT molecular complexity index is 708. The molecule has 32 heavy (non-hydrogen) atoms. The van der Waals surface area contributed by atoms with E-state index >= 15 is 0 Å². The molecule has 0 saturated carbocycles. The van der Waals surface area contributed by atoms with Crippen LogP contribution in [-0.2, 0) is 4.74 Å². The summed E-state index contributed by atoms with van der Waals surface area (Å²) in [7, 11) is 0. The number of hydrogen-bond donors (Lipinski definition) is 2. The van der Waals surface area contributed by atoms with Gasteiger partial charge in [-0.15, -0.1) is 5.10 Å². The molecule has 180 valence electrons. The number of thioether (sulfide) groups is 1. The number of benzene rings is 1. The summed E-state index contributed by atoms with van der Waals surface area (Å²) in [5.41, 5.74) is 6.42. The molecule has 0 saturated heterocycles. The molecule has 1 aromatic carbocycles. The van der Waals surface area contributed by atoms with Gasteiger partial charge in [-0.3, -0.25) is 0 Å². The van der Waals surface area contributed by atoms with E-state index in [2.05, 4.69) is 24.1 Å². The molecule has 0 bridgehead atoms. The molecule has 0 amide bonds. The molecule has 0 unspecified atom stereocenters. The van der Waals surface area contributed by atoms with Gasteiger partial charge in [0.05, 0.1) is 12.8 Å². The zero-order valence-corrected chi connectivity index (χ0v) is 20.7. The molecule has 0 aliphatic rings. The Labute approximate surface area is 198 Å². The minimum Gasteiger partial charge on any atom is -0.506 e. The first kappa shape index (κ1) is 28.0. The first-order chi connectivity index (χ1) is 15.6. The molecule has 1 rings (SSSR count). The van der Waals surface area contributed by atoms with Gasteiger partial charge in [-0.2, -0.15) is 5.10 Å². The minimum atomic E-state index is -0.524. The molecule has 1 aromatic rings. The van der Waals surface area contributed by atoms with Crippen molar-refractivity contribution in [2.45, 2.75) is 90.9 Å². The largest absolute Gasteiger partial charge is 0.506 e. The van der Waals surface area contributed by atoms with Crippen LogP contribution in [0.15, 0.2) is 28.4 Å². The first-order valence-electron chi connectivity index (χ1n) is 12.1. The van der Waals surface area contributed by atoms with Crippen molar-refractivity contribution in [1.29, 1.82) is 0 Å². The average Bonchev–Trinajstić information content (AvgIpc) is 2.79. The van der Waals surface area contributed by atoms with Gasteiger partial charge in [-0.25, -0.2) is 4.79 Å². The highest BCUT2D eigenvalue weighted by Gasteiger charge is 2.14. The van der Waals surface area contributed by atoms with Gasteiger partial charge in [0.2, 0.25) is 0 Å². The Balaban J connectivity index is 2.42. The number of aromatic hydroxyl groups is 1. The first-order valence-corrected chi connectivity index (χ1v) is 13.1. The molecule has 0 aromatic heterocycles. The van der Waals surface area contributed by atoms with Crippen LogP contribution < -0.4 is 5.73 Å². The third-order valence-corrected chi connectivity index (χ3v) is 5.99. The number of phenolic OH excluding ortho intramolecular Hbond substituents is 1. The number of hydrogen-bond acceptors (Lipinski definition) is 6. The lowest BCUT2D eigenvalue weighted by atomic mass is 10.1. The van der Waals surface area contributed by atoms with Gasteiger partial charge in [-0.1, -0.05) is 95.9 Å². The fraction of sp³-hybridized carbons (Fsp3) is 0.640. The number of nitrogens with two attached hydrogens (primary N) is 1. The summed E-state index contributed by atoms with van der Waals surface area (Å²) in [6.45, 7) is 4.76. The molecule has 0 fully saturated rings. The third-order valence-electron chi connectivity index (χ3n) is 5.12. The van der Waals surface area contributed by atoms with Gasteiger partial charge in [-0.05, 0) is 25.0 Å². The maximum absolute atomic E-state index is 12.3. The van der Waals surface area contributed by atoms with E-state index < -0.39 is 5.97 Å². The van der Waals surface area contributed by atoms with E-state index in [9.17, 15) is 9.90 Å². The second-order valence-electron chi connectivity index (χ2n) is 7.95. The lowest BCUT2D eigenvalue weighted by Gasteiger charge is -2.08. The van der Waals surface area contributed by atoms with Crippen molar-refractivity contribution in [3.8, 4) is 5.75 Å². The van der Waals surface area contributed by atoms with Crippen molar-refractivity contribution < 1.29 is 14.6 Å². The molecule has 6 nitrogen and oxygen atoms in total. The summed E-state index contributed by atoms with van der Waals surface area (Å²) in [6, 6.07) is 4.89. The third kappa shape index (κ3) is 12.7. The van der Waals surface area contributed by atoms with Crippen LogP contribution in [0.4, 0.5) is 0 Å². The highest BCUT2D eigenvalue weighted by Crippen LogP contribution is 2.22. The van der Waals surface area contributed by atoms with Crippen LogP contribution >= 0.6 is 11.8 Å². The Kier molecular flexibility index (Phi) is 16.2. The maximum Gasteiger partial charge on any atom is 0.341 e. The van der Waals surface area contributed by atoms with Crippen molar-refractivity contribution in [2.24, 2.45) is 15.9 Å². The van der Waals surface area contributed by atoms with E-state index in [4.69, 9.17) is 10.5 Å². The summed E-state index contributed by atoms with van der Waals surface area (Å²) >= 11 is 1.48. The van der Waals surface area contributed by atoms with Gasteiger partial charge < -0.3 is 15.6 Å². The summed E-state index contributed by atoms with van der Waals surface area (Å²) in [5.74, 6) is 0.240. The van der Waals surface area contributed by atoms with Gasteiger partial charge in [0.25, 0.3) is 0 Å². The number of phenols is 1. The highest BCUT2D eigenvalue weighted by atomic mass is 32.2. The van der Waals surface area contributed by atoms with E-state index in [1.807, 2.05) is 0 Å². The number of nitrogens with zero attached hydrogens (tertiary/aromatic N) is 2. The Morgan fingerprint density at radius 2 is 1.62 bits per heavy atom. The number of para-hydroxylation sites is 1. The van der Waals surface area contributed by atoms with E-state index in [-0.39, 0.29) is 11.3 Å². The second-order valence-corrected chi connectivity index (χ2v) is 9.06. The smallest absolute Gasteiger partial charge is 0.341 e. The lowest BCUT2D eigenvalue weighted by molar-refractivity contribution is 0.0494. The summed E-state index contributed by atoms with van der Waals surface area (Å²) in [5, 5.41) is 18.7. The topological polar surface area (TPSA) is 97.3 Å². The predicted molar refractivity (Wildman–Crippen MR) is 137 cm³/mol. The number of esters is 1. The zero-order valence-electron chi connectivity index (χ0n) is 19.9. The SMILES string of the molecule is CCCCCCCCOC(=O)c1cccc(/C=N/N=C(N)SCCCCCCCC)c1O. The summed E-state index contributed by atoms with van der Waals surface area (Å²) in [4.78, 5) is 12.3. The molecule has 0 aliphatic heterocycles. The van der Waals surface area contributed by atoms with Gasteiger partial charge in [0.15, 0.2) is 5.17 Å². The second kappa shape index (κ2) is 18.5. The van der Waals surface area contributed by atoms with Crippen LogP contribution in [0, 0.1) is 0 Å². The van der Waals surface area contributed by atoms with Crippen molar-refractivity contribution in [3.63, 3.8) is 0 Å². The molecule has 0 heterocycles. The highest BCUT2D eigenvalue weighted by molar-refractivity contribution is 8.13. The molecular formula is C25H41N3O3S. The monoisotopic (exact) mass is 463 g/mol.